The van der Waals surface area contributed by atoms with E-state index < -0.39 is 60.6 Å². The summed E-state index contributed by atoms with van der Waals surface area (Å²) < 4.78 is 65.5. The van der Waals surface area contributed by atoms with Crippen LogP contribution in [0.1, 0.15) is 49.9 Å². The summed E-state index contributed by atoms with van der Waals surface area (Å²) in [6, 6.07) is 40.2. The molecule has 0 aromatic heterocycles. The normalized spacial score (nSPS) is 28.8. The second-order valence-corrected chi connectivity index (χ2v) is 15.6. The Morgan fingerprint density at radius 2 is 1.09 bits per heavy atom. The van der Waals surface area contributed by atoms with Crippen LogP contribution in [0.15, 0.2) is 133 Å². The van der Waals surface area contributed by atoms with E-state index in [1.165, 1.54) is 0 Å². The number of ether oxygens (including phenoxy) is 10. The molecule has 3 heterocycles. The van der Waals surface area contributed by atoms with E-state index in [1.807, 2.05) is 161 Å². The summed E-state index contributed by atoms with van der Waals surface area (Å²) in [5.41, 5.74) is 4.05. The maximum atomic E-state index is 6.94. The van der Waals surface area contributed by atoms with Gasteiger partial charge in [0.15, 0.2) is 17.9 Å². The van der Waals surface area contributed by atoms with Crippen LogP contribution in [0.3, 0.4) is 0 Å². The highest BCUT2D eigenvalue weighted by molar-refractivity contribution is 5.18. The summed E-state index contributed by atoms with van der Waals surface area (Å²) in [5, 5.41) is 0. The minimum atomic E-state index is -0.848. The molecule has 4 aromatic carbocycles. The SMILES string of the molecule is CO[C@H]1O[C@H]([C@@H](/C=C/[C@H]2OC(C)(C)O[C@@H]2[C@H]2COC(C)(C)O2)OCc2ccccc2)[C@@H](OCc2ccccc2)[C@H](OCc2ccccc2)[C@H]1OCc1ccccc1. The van der Waals surface area contributed by atoms with Crippen LogP contribution in [-0.4, -0.2) is 80.4 Å². The highest BCUT2D eigenvalue weighted by atomic mass is 16.8. The van der Waals surface area contributed by atoms with Gasteiger partial charge >= 0.3 is 0 Å². The van der Waals surface area contributed by atoms with Crippen molar-refractivity contribution < 1.29 is 47.4 Å². The summed E-state index contributed by atoms with van der Waals surface area (Å²) in [6.07, 6.45) is -1.41. The molecule has 10 nitrogen and oxygen atoms in total. The zero-order valence-corrected chi connectivity index (χ0v) is 33.5. The minimum Gasteiger partial charge on any atom is -0.368 e. The van der Waals surface area contributed by atoms with Crippen molar-refractivity contribution in [3.05, 3.63) is 156 Å². The summed E-state index contributed by atoms with van der Waals surface area (Å²) >= 11 is 0. The Morgan fingerprint density at radius 1 is 0.596 bits per heavy atom. The predicted molar refractivity (Wildman–Crippen MR) is 214 cm³/mol. The maximum Gasteiger partial charge on any atom is 0.186 e. The lowest BCUT2D eigenvalue weighted by atomic mass is 9.93. The van der Waals surface area contributed by atoms with Gasteiger partial charge in [-0.15, -0.1) is 0 Å². The number of rotatable bonds is 17. The minimum absolute atomic E-state index is 0.305. The monoisotopic (exact) mass is 780 g/mol. The lowest BCUT2D eigenvalue weighted by Gasteiger charge is -2.47. The summed E-state index contributed by atoms with van der Waals surface area (Å²) in [6.45, 7) is 9.27. The van der Waals surface area contributed by atoms with E-state index in [0.29, 0.717) is 33.0 Å². The van der Waals surface area contributed by atoms with Crippen LogP contribution in [0.5, 0.6) is 0 Å². The molecule has 3 fully saturated rings. The molecule has 57 heavy (non-hydrogen) atoms. The number of methoxy groups -OCH3 is 1. The Labute approximate surface area is 336 Å². The molecule has 4 aromatic rings. The molecular formula is C47H56O10. The quantitative estimate of drug-likeness (QED) is 0.0985. The van der Waals surface area contributed by atoms with E-state index in [1.54, 1.807) is 7.11 Å². The molecule has 304 valence electrons. The van der Waals surface area contributed by atoms with Crippen LogP contribution >= 0.6 is 0 Å². The summed E-state index contributed by atoms with van der Waals surface area (Å²) in [4.78, 5) is 0. The van der Waals surface area contributed by atoms with Crippen molar-refractivity contribution in [3.63, 3.8) is 0 Å². The third-order valence-corrected chi connectivity index (χ3v) is 10.3. The molecule has 0 saturated carbocycles. The standard InChI is InChI=1S/C47H56O10/c1-46(2)53-32-39(56-46)40-38(55-47(3,4)57-40)27-26-37(49-28-33-18-10-6-11-19-33)41-42(50-29-34-20-12-7-13-21-34)43(51-30-35-22-14-8-15-23-35)44(45(48-5)54-41)52-31-36-24-16-9-17-25-36/h6-27,37-45H,28-32H2,1-5H3/b27-26+/t37-,38-,39-,40+,41-,42-,43+,44-,45+/m1/s1. The van der Waals surface area contributed by atoms with Gasteiger partial charge in [-0.2, -0.15) is 0 Å². The van der Waals surface area contributed by atoms with Crippen LogP contribution in [-0.2, 0) is 73.8 Å². The van der Waals surface area contributed by atoms with E-state index >= 15 is 0 Å². The van der Waals surface area contributed by atoms with E-state index in [-0.39, 0.29) is 6.10 Å². The van der Waals surface area contributed by atoms with Gasteiger partial charge in [-0.05, 0) is 49.9 Å². The van der Waals surface area contributed by atoms with Crippen molar-refractivity contribution in [1.29, 1.82) is 0 Å². The fraction of sp³-hybridized carbons (Fsp3) is 0.447. The Bertz CT molecular complexity index is 1810. The molecule has 0 aliphatic carbocycles. The molecule has 10 heteroatoms. The Morgan fingerprint density at radius 3 is 1.58 bits per heavy atom. The van der Waals surface area contributed by atoms with Crippen molar-refractivity contribution in [2.75, 3.05) is 13.7 Å². The van der Waals surface area contributed by atoms with Crippen molar-refractivity contribution >= 4 is 0 Å². The third-order valence-electron chi connectivity index (χ3n) is 10.3. The highest BCUT2D eigenvalue weighted by Crippen LogP contribution is 2.38. The molecule has 0 N–H and O–H groups in total. The zero-order chi connectivity index (χ0) is 39.7. The van der Waals surface area contributed by atoms with Crippen LogP contribution < -0.4 is 0 Å². The number of hydrogen-bond donors (Lipinski definition) is 0. The van der Waals surface area contributed by atoms with Gasteiger partial charge < -0.3 is 47.4 Å². The van der Waals surface area contributed by atoms with E-state index in [9.17, 15) is 0 Å². The summed E-state index contributed by atoms with van der Waals surface area (Å²) in [5.74, 6) is -1.57. The molecule has 3 aliphatic rings. The molecular weight excluding hydrogens is 725 g/mol. The smallest absolute Gasteiger partial charge is 0.186 e. The topological polar surface area (TPSA) is 92.3 Å². The fourth-order valence-electron chi connectivity index (χ4n) is 7.52. The average molecular weight is 781 g/mol. The van der Waals surface area contributed by atoms with E-state index in [4.69, 9.17) is 47.4 Å². The van der Waals surface area contributed by atoms with Crippen molar-refractivity contribution in [1.82, 2.24) is 0 Å². The first kappa shape index (κ1) is 41.4. The summed E-state index contributed by atoms with van der Waals surface area (Å²) in [7, 11) is 1.62. The second-order valence-electron chi connectivity index (χ2n) is 15.6. The lowest BCUT2D eigenvalue weighted by Crippen LogP contribution is -2.63. The molecule has 0 unspecified atom stereocenters. The van der Waals surface area contributed by atoms with Crippen LogP contribution in [0.2, 0.25) is 0 Å². The molecule has 3 saturated heterocycles. The molecule has 7 rings (SSSR count). The van der Waals surface area contributed by atoms with E-state index in [0.717, 1.165) is 22.3 Å². The van der Waals surface area contributed by atoms with Crippen molar-refractivity contribution in [3.8, 4) is 0 Å². The fourth-order valence-corrected chi connectivity index (χ4v) is 7.52. The lowest BCUT2D eigenvalue weighted by molar-refractivity contribution is -0.329. The first-order valence-corrected chi connectivity index (χ1v) is 19.8. The Balaban J connectivity index is 1.24. The average Bonchev–Trinajstić information content (AvgIpc) is 3.76. The van der Waals surface area contributed by atoms with Gasteiger partial charge in [0.25, 0.3) is 0 Å². The second kappa shape index (κ2) is 19.3. The van der Waals surface area contributed by atoms with Gasteiger partial charge in [-0.25, -0.2) is 0 Å². The molecule has 0 bridgehead atoms. The van der Waals surface area contributed by atoms with Crippen molar-refractivity contribution in [2.24, 2.45) is 0 Å². The first-order valence-electron chi connectivity index (χ1n) is 19.8. The highest BCUT2D eigenvalue weighted by Gasteiger charge is 2.52. The Kier molecular flexibility index (Phi) is 14.0. The Hall–Kier alpha value is -3.78. The molecule has 3 aliphatic heterocycles. The van der Waals surface area contributed by atoms with Gasteiger partial charge in [0.1, 0.15) is 48.8 Å². The number of hydrogen-bond acceptors (Lipinski definition) is 10. The van der Waals surface area contributed by atoms with Gasteiger partial charge in [0.2, 0.25) is 0 Å². The number of benzene rings is 4. The van der Waals surface area contributed by atoms with Crippen LogP contribution in [0.25, 0.3) is 0 Å². The zero-order valence-electron chi connectivity index (χ0n) is 33.5. The van der Waals surface area contributed by atoms with Crippen molar-refractivity contribution in [2.45, 2.75) is 121 Å². The predicted octanol–water partition coefficient (Wildman–Crippen LogP) is 7.93. The molecule has 0 radical (unpaired) electrons. The molecule has 9 atom stereocenters. The van der Waals surface area contributed by atoms with Gasteiger partial charge in [0.05, 0.1) is 33.0 Å². The van der Waals surface area contributed by atoms with Gasteiger partial charge in [0, 0.05) is 7.11 Å². The molecule has 0 spiro atoms. The van der Waals surface area contributed by atoms with E-state index in [2.05, 4.69) is 0 Å². The van der Waals surface area contributed by atoms with Crippen LogP contribution in [0.4, 0.5) is 0 Å². The maximum absolute atomic E-state index is 6.94. The van der Waals surface area contributed by atoms with Gasteiger partial charge in [-0.3, -0.25) is 0 Å². The van der Waals surface area contributed by atoms with Gasteiger partial charge in [-0.1, -0.05) is 133 Å². The largest absolute Gasteiger partial charge is 0.368 e. The molecule has 0 amide bonds. The first-order chi connectivity index (χ1) is 27.7. The third kappa shape index (κ3) is 11.2. The van der Waals surface area contributed by atoms with Crippen LogP contribution in [0, 0.1) is 0 Å².